The fourth-order valence-electron chi connectivity index (χ4n) is 2.46. The zero-order valence-electron chi connectivity index (χ0n) is 16.1. The maximum Gasteiger partial charge on any atom is 0.274 e. The summed E-state index contributed by atoms with van der Waals surface area (Å²) in [4.78, 5) is 24.0. The predicted molar refractivity (Wildman–Crippen MR) is 105 cm³/mol. The molecular weight excluding hydrogens is 342 g/mol. The van der Waals surface area contributed by atoms with Crippen LogP contribution < -0.4 is 5.48 Å². The van der Waals surface area contributed by atoms with Crippen molar-refractivity contribution in [1.82, 2.24) is 10.5 Å². The van der Waals surface area contributed by atoms with Crippen LogP contribution in [0.15, 0.2) is 53.6 Å². The summed E-state index contributed by atoms with van der Waals surface area (Å²) in [5.41, 5.74) is 4.42. The molecule has 142 valence electrons. The number of carbonyl (C=O) groups excluding carboxylic acids is 2. The summed E-state index contributed by atoms with van der Waals surface area (Å²) in [6.45, 7) is 8.67. The first-order valence-corrected chi connectivity index (χ1v) is 8.77. The van der Waals surface area contributed by atoms with Gasteiger partial charge in [0.15, 0.2) is 0 Å². The molecule has 0 saturated carbocycles. The fourth-order valence-corrected chi connectivity index (χ4v) is 2.46. The zero-order chi connectivity index (χ0) is 20.0. The molecule has 0 radical (unpaired) electrons. The van der Waals surface area contributed by atoms with Crippen LogP contribution in [0.25, 0.3) is 0 Å². The molecule has 0 spiro atoms. The molecule has 0 aliphatic carbocycles. The van der Waals surface area contributed by atoms with Gasteiger partial charge in [-0.1, -0.05) is 45.0 Å². The van der Waals surface area contributed by atoms with E-state index in [2.05, 4.69) is 25.9 Å². The second kappa shape index (κ2) is 8.60. The minimum Gasteiger partial charge on any atom is -0.288 e. The largest absolute Gasteiger partial charge is 0.288 e. The number of hydrogen-bond acceptors (Lipinski definition) is 4. The minimum absolute atomic E-state index is 0.0310. The summed E-state index contributed by atoms with van der Waals surface area (Å²) in [7, 11) is 0. The van der Waals surface area contributed by atoms with Crippen LogP contribution in [0.2, 0.25) is 0 Å². The number of hydrazone groups is 1. The Hall–Kier alpha value is -2.99. The normalized spacial score (nSPS) is 11.4. The van der Waals surface area contributed by atoms with Crippen LogP contribution in [0.5, 0.6) is 0 Å². The van der Waals surface area contributed by atoms with E-state index in [9.17, 15) is 9.59 Å². The van der Waals surface area contributed by atoms with Crippen molar-refractivity contribution in [2.24, 2.45) is 5.10 Å². The van der Waals surface area contributed by atoms with Crippen molar-refractivity contribution in [3.8, 4) is 0 Å². The standard InChI is InChI=1S/C21H25N3O3/c1-5-24(20(26)17-10-12-18(13-11-17)21(2,3)4)22-14-15-6-8-16(9-7-15)19(25)23-27/h6-14,27H,5H2,1-4H3,(H,23,25). The lowest BCUT2D eigenvalue weighted by Gasteiger charge is -2.20. The van der Waals surface area contributed by atoms with E-state index in [4.69, 9.17) is 5.21 Å². The van der Waals surface area contributed by atoms with Gasteiger partial charge in [-0.15, -0.1) is 0 Å². The predicted octanol–water partition coefficient (Wildman–Crippen LogP) is 3.60. The highest BCUT2D eigenvalue weighted by molar-refractivity contribution is 5.96. The Balaban J connectivity index is 2.12. The van der Waals surface area contributed by atoms with E-state index in [1.54, 1.807) is 36.0 Å². The molecule has 0 saturated heterocycles. The lowest BCUT2D eigenvalue weighted by molar-refractivity contribution is 0.0706. The maximum absolute atomic E-state index is 12.7. The molecule has 0 heterocycles. The Kier molecular flexibility index (Phi) is 6.47. The first-order chi connectivity index (χ1) is 12.8. The monoisotopic (exact) mass is 367 g/mol. The number of benzene rings is 2. The van der Waals surface area contributed by atoms with Gasteiger partial charge >= 0.3 is 0 Å². The topological polar surface area (TPSA) is 82.0 Å². The van der Waals surface area contributed by atoms with Crippen LogP contribution >= 0.6 is 0 Å². The summed E-state index contributed by atoms with van der Waals surface area (Å²) in [6, 6.07) is 14.1. The van der Waals surface area contributed by atoms with Gasteiger partial charge in [0.1, 0.15) is 0 Å². The number of nitrogens with one attached hydrogen (secondary N) is 1. The highest BCUT2D eigenvalue weighted by Gasteiger charge is 2.16. The van der Waals surface area contributed by atoms with Gasteiger partial charge in [0.25, 0.3) is 11.8 Å². The van der Waals surface area contributed by atoms with Gasteiger partial charge in [-0.25, -0.2) is 10.5 Å². The molecule has 2 N–H and O–H groups in total. The number of carbonyl (C=O) groups is 2. The number of nitrogens with zero attached hydrogens (tertiary/aromatic N) is 2. The molecular formula is C21H25N3O3. The quantitative estimate of drug-likeness (QED) is 0.481. The van der Waals surface area contributed by atoms with E-state index in [1.807, 2.05) is 31.2 Å². The Bertz CT molecular complexity index is 819. The van der Waals surface area contributed by atoms with Gasteiger partial charge in [0.05, 0.1) is 6.21 Å². The Morgan fingerprint density at radius 1 is 1.04 bits per heavy atom. The van der Waals surface area contributed by atoms with Gasteiger partial charge in [0.2, 0.25) is 0 Å². The second-order valence-corrected chi connectivity index (χ2v) is 7.16. The smallest absolute Gasteiger partial charge is 0.274 e. The molecule has 0 unspecified atom stereocenters. The summed E-state index contributed by atoms with van der Waals surface area (Å²) in [6.07, 6.45) is 1.56. The van der Waals surface area contributed by atoms with Gasteiger partial charge in [-0.2, -0.15) is 5.10 Å². The van der Waals surface area contributed by atoms with E-state index >= 15 is 0 Å². The molecule has 0 bridgehead atoms. The van der Waals surface area contributed by atoms with Crippen molar-refractivity contribution < 1.29 is 14.8 Å². The van der Waals surface area contributed by atoms with E-state index in [-0.39, 0.29) is 11.3 Å². The first kappa shape index (κ1) is 20.3. The Morgan fingerprint density at radius 3 is 2.07 bits per heavy atom. The molecule has 6 heteroatoms. The van der Waals surface area contributed by atoms with Crippen LogP contribution in [-0.4, -0.2) is 34.8 Å². The van der Waals surface area contributed by atoms with Gasteiger partial charge in [-0.05, 0) is 47.7 Å². The van der Waals surface area contributed by atoms with Crippen molar-refractivity contribution in [1.29, 1.82) is 0 Å². The minimum atomic E-state index is -0.581. The summed E-state index contributed by atoms with van der Waals surface area (Å²) in [5, 5.41) is 14.3. The molecule has 0 fully saturated rings. The average Bonchev–Trinajstić information content (AvgIpc) is 2.67. The van der Waals surface area contributed by atoms with Crippen LogP contribution in [0.4, 0.5) is 0 Å². The third kappa shape index (κ3) is 5.24. The summed E-state index contributed by atoms with van der Waals surface area (Å²) >= 11 is 0. The molecule has 0 aliphatic heterocycles. The van der Waals surface area contributed by atoms with E-state index < -0.39 is 5.91 Å². The number of rotatable bonds is 5. The van der Waals surface area contributed by atoms with Crippen molar-refractivity contribution in [3.05, 3.63) is 70.8 Å². The molecule has 0 aliphatic rings. The third-order valence-electron chi connectivity index (χ3n) is 4.15. The molecule has 2 amide bonds. The van der Waals surface area contributed by atoms with Crippen molar-refractivity contribution >= 4 is 18.0 Å². The molecule has 2 aromatic carbocycles. The zero-order valence-corrected chi connectivity index (χ0v) is 16.1. The first-order valence-electron chi connectivity index (χ1n) is 8.77. The average molecular weight is 367 g/mol. The molecule has 6 nitrogen and oxygen atoms in total. The Labute approximate surface area is 159 Å². The molecule has 27 heavy (non-hydrogen) atoms. The van der Waals surface area contributed by atoms with E-state index in [0.717, 1.165) is 11.1 Å². The van der Waals surface area contributed by atoms with Crippen molar-refractivity contribution in [2.45, 2.75) is 33.1 Å². The van der Waals surface area contributed by atoms with Gasteiger partial charge in [-0.3, -0.25) is 14.8 Å². The van der Waals surface area contributed by atoms with E-state index in [1.165, 1.54) is 5.01 Å². The SMILES string of the molecule is CCN(N=Cc1ccc(C(=O)NO)cc1)C(=O)c1ccc(C(C)(C)C)cc1. The fraction of sp³-hybridized carbons (Fsp3) is 0.286. The molecule has 2 aromatic rings. The summed E-state index contributed by atoms with van der Waals surface area (Å²) < 4.78 is 0. The summed E-state index contributed by atoms with van der Waals surface area (Å²) in [5.74, 6) is -0.756. The van der Waals surface area contributed by atoms with Crippen molar-refractivity contribution in [2.75, 3.05) is 6.54 Å². The number of hydroxylamine groups is 1. The maximum atomic E-state index is 12.7. The van der Waals surface area contributed by atoms with Crippen LogP contribution in [-0.2, 0) is 5.41 Å². The highest BCUT2D eigenvalue weighted by Crippen LogP contribution is 2.22. The van der Waals surface area contributed by atoms with Gasteiger partial charge < -0.3 is 0 Å². The van der Waals surface area contributed by atoms with Crippen LogP contribution in [0.3, 0.4) is 0 Å². The van der Waals surface area contributed by atoms with Crippen LogP contribution in [0, 0.1) is 0 Å². The van der Waals surface area contributed by atoms with E-state index in [0.29, 0.717) is 17.7 Å². The third-order valence-corrected chi connectivity index (χ3v) is 4.15. The molecule has 0 aromatic heterocycles. The number of amides is 2. The van der Waals surface area contributed by atoms with Gasteiger partial charge in [0, 0.05) is 17.7 Å². The highest BCUT2D eigenvalue weighted by atomic mass is 16.5. The van der Waals surface area contributed by atoms with Crippen LogP contribution in [0.1, 0.15) is 59.5 Å². The lowest BCUT2D eigenvalue weighted by atomic mass is 9.86. The Morgan fingerprint density at radius 2 is 1.59 bits per heavy atom. The lowest BCUT2D eigenvalue weighted by Crippen LogP contribution is -2.26. The number of hydrogen-bond donors (Lipinski definition) is 2. The molecule has 0 atom stereocenters. The van der Waals surface area contributed by atoms with Crippen molar-refractivity contribution in [3.63, 3.8) is 0 Å². The molecule has 2 rings (SSSR count). The second-order valence-electron chi connectivity index (χ2n) is 7.16.